The molecule has 2 aromatic rings. The number of hydrogen-bond acceptors (Lipinski definition) is 5. The number of methoxy groups -OCH3 is 1. The molecule has 164 valence electrons. The lowest BCUT2D eigenvalue weighted by molar-refractivity contribution is -0.142. The van der Waals surface area contributed by atoms with Crippen LogP contribution in [0.25, 0.3) is 0 Å². The molecule has 0 radical (unpaired) electrons. The van der Waals surface area contributed by atoms with Gasteiger partial charge in [-0.05, 0) is 30.0 Å². The molecule has 0 unspecified atom stereocenters. The lowest BCUT2D eigenvalue weighted by Crippen LogP contribution is -2.51. The van der Waals surface area contributed by atoms with Gasteiger partial charge in [-0.15, -0.1) is 0 Å². The Kier molecular flexibility index (Phi) is 7.48. The highest BCUT2D eigenvalue weighted by Gasteiger charge is 2.37. The number of carboxylic acids is 1. The highest BCUT2D eigenvalue weighted by Crippen LogP contribution is 2.21. The van der Waals surface area contributed by atoms with Gasteiger partial charge in [-0.2, -0.15) is 0 Å². The lowest BCUT2D eigenvalue weighted by Gasteiger charge is -2.25. The molecule has 1 fully saturated rings. The van der Waals surface area contributed by atoms with E-state index in [0.29, 0.717) is 30.7 Å². The van der Waals surface area contributed by atoms with Gasteiger partial charge in [0.2, 0.25) is 5.91 Å². The third-order valence-electron chi connectivity index (χ3n) is 5.23. The first-order valence-electron chi connectivity index (χ1n) is 10.1. The fourth-order valence-electron chi connectivity index (χ4n) is 3.62. The zero-order chi connectivity index (χ0) is 22.2. The Balaban J connectivity index is 1.62. The summed E-state index contributed by atoms with van der Waals surface area (Å²) in [6.45, 7) is 0.492. The molecule has 8 heteroatoms. The van der Waals surface area contributed by atoms with Crippen LogP contribution in [0.3, 0.4) is 0 Å². The van der Waals surface area contributed by atoms with Crippen LogP contribution in [0.5, 0.6) is 5.75 Å². The molecule has 2 aromatic carbocycles. The average Bonchev–Trinajstić information content (AvgIpc) is 3.28. The number of nitrogens with one attached hydrogen (secondary N) is 1. The molecule has 2 N–H and O–H groups in total. The number of carbonyl (C=O) groups is 3. The molecular formula is C23H26N2O6. The Bertz CT molecular complexity index is 917. The Hall–Kier alpha value is -3.55. The van der Waals surface area contributed by atoms with Crippen LogP contribution in [0.15, 0.2) is 54.6 Å². The summed E-state index contributed by atoms with van der Waals surface area (Å²) in [7, 11) is 1.50. The quantitative estimate of drug-likeness (QED) is 0.672. The molecule has 0 spiro atoms. The second-order valence-corrected chi connectivity index (χ2v) is 7.31. The number of amides is 2. The topological polar surface area (TPSA) is 105 Å². The number of carbonyl (C=O) groups excluding carboxylic acids is 2. The van der Waals surface area contributed by atoms with E-state index in [1.54, 1.807) is 24.3 Å². The molecule has 1 heterocycles. The van der Waals surface area contributed by atoms with E-state index >= 15 is 0 Å². The second-order valence-electron chi connectivity index (χ2n) is 7.31. The summed E-state index contributed by atoms with van der Waals surface area (Å²) in [5.41, 5.74) is 1.52. The third kappa shape index (κ3) is 5.75. The van der Waals surface area contributed by atoms with Crippen molar-refractivity contribution < 1.29 is 29.0 Å². The largest absolute Gasteiger partial charge is 0.496 e. The van der Waals surface area contributed by atoms with Crippen molar-refractivity contribution in [1.82, 2.24) is 10.2 Å². The zero-order valence-corrected chi connectivity index (χ0v) is 17.3. The van der Waals surface area contributed by atoms with Crippen molar-refractivity contribution in [1.29, 1.82) is 0 Å². The Morgan fingerprint density at radius 3 is 2.55 bits per heavy atom. The highest BCUT2D eigenvalue weighted by atomic mass is 16.6. The van der Waals surface area contributed by atoms with E-state index in [9.17, 15) is 19.5 Å². The number of ether oxygens (including phenoxy) is 2. The number of likely N-dealkylation sites (tertiary alicyclic amines) is 1. The smallest absolute Gasteiger partial charge is 0.410 e. The number of rotatable bonds is 8. The van der Waals surface area contributed by atoms with Gasteiger partial charge < -0.3 is 19.9 Å². The van der Waals surface area contributed by atoms with Crippen LogP contribution in [0.2, 0.25) is 0 Å². The predicted molar refractivity (Wildman–Crippen MR) is 113 cm³/mol. The maximum absolute atomic E-state index is 12.8. The second kappa shape index (κ2) is 10.5. The summed E-state index contributed by atoms with van der Waals surface area (Å²) >= 11 is 0. The van der Waals surface area contributed by atoms with E-state index in [0.717, 1.165) is 5.56 Å². The molecule has 0 aromatic heterocycles. The fourth-order valence-corrected chi connectivity index (χ4v) is 3.62. The Morgan fingerprint density at radius 2 is 1.84 bits per heavy atom. The van der Waals surface area contributed by atoms with E-state index in [4.69, 9.17) is 9.47 Å². The van der Waals surface area contributed by atoms with Gasteiger partial charge in [0, 0.05) is 13.0 Å². The van der Waals surface area contributed by atoms with Crippen LogP contribution in [0.1, 0.15) is 24.0 Å². The molecule has 0 aliphatic carbocycles. The average molecular weight is 426 g/mol. The van der Waals surface area contributed by atoms with Gasteiger partial charge in [-0.1, -0.05) is 48.5 Å². The zero-order valence-electron chi connectivity index (χ0n) is 17.3. The van der Waals surface area contributed by atoms with Crippen molar-refractivity contribution in [3.63, 3.8) is 0 Å². The molecular weight excluding hydrogens is 400 g/mol. The van der Waals surface area contributed by atoms with Crippen LogP contribution >= 0.6 is 0 Å². The van der Waals surface area contributed by atoms with E-state index in [1.807, 2.05) is 30.3 Å². The van der Waals surface area contributed by atoms with Gasteiger partial charge in [-0.3, -0.25) is 9.69 Å². The van der Waals surface area contributed by atoms with Crippen molar-refractivity contribution in [2.75, 3.05) is 13.7 Å². The molecule has 1 aliphatic rings. The summed E-state index contributed by atoms with van der Waals surface area (Å²) in [6, 6.07) is 14.4. The van der Waals surface area contributed by atoms with Crippen molar-refractivity contribution in [2.24, 2.45) is 0 Å². The Morgan fingerprint density at radius 1 is 1.13 bits per heavy atom. The summed E-state index contributed by atoms with van der Waals surface area (Å²) in [4.78, 5) is 38.5. The highest BCUT2D eigenvalue weighted by molar-refractivity contribution is 5.89. The maximum atomic E-state index is 12.8. The molecule has 0 saturated carbocycles. The van der Waals surface area contributed by atoms with Crippen LogP contribution in [0, 0.1) is 0 Å². The monoisotopic (exact) mass is 426 g/mol. The van der Waals surface area contributed by atoms with Gasteiger partial charge in [-0.25, -0.2) is 9.59 Å². The molecule has 2 amide bonds. The van der Waals surface area contributed by atoms with E-state index in [-0.39, 0.29) is 13.0 Å². The first-order chi connectivity index (χ1) is 15.0. The van der Waals surface area contributed by atoms with Crippen molar-refractivity contribution >= 4 is 18.0 Å². The van der Waals surface area contributed by atoms with Gasteiger partial charge in [0.25, 0.3) is 0 Å². The number of aliphatic carboxylic acids is 1. The van der Waals surface area contributed by atoms with E-state index in [1.165, 1.54) is 12.0 Å². The minimum Gasteiger partial charge on any atom is -0.496 e. The number of para-hydroxylation sites is 1. The molecule has 1 aliphatic heterocycles. The minimum absolute atomic E-state index is 0.0657. The van der Waals surface area contributed by atoms with Crippen LogP contribution in [-0.4, -0.2) is 53.7 Å². The maximum Gasteiger partial charge on any atom is 0.410 e. The van der Waals surface area contributed by atoms with E-state index < -0.39 is 30.1 Å². The third-order valence-corrected chi connectivity index (χ3v) is 5.23. The summed E-state index contributed by atoms with van der Waals surface area (Å²) < 4.78 is 10.6. The van der Waals surface area contributed by atoms with Crippen molar-refractivity contribution in [3.8, 4) is 5.75 Å². The number of benzene rings is 2. The predicted octanol–water partition coefficient (Wildman–Crippen LogP) is 2.61. The SMILES string of the molecule is COc1ccccc1C[C@H](NC(=O)[C@H]1CCCN1C(=O)OCc1ccccc1)C(=O)O. The first-order valence-corrected chi connectivity index (χ1v) is 10.1. The number of nitrogens with zero attached hydrogens (tertiary/aromatic N) is 1. The molecule has 0 bridgehead atoms. The van der Waals surface area contributed by atoms with Crippen LogP contribution < -0.4 is 10.1 Å². The summed E-state index contributed by atoms with van der Waals surface area (Å²) in [5.74, 6) is -1.11. The lowest BCUT2D eigenvalue weighted by atomic mass is 10.0. The minimum atomic E-state index is -1.16. The number of hydrogen-bond donors (Lipinski definition) is 2. The standard InChI is InChI=1S/C23H26N2O6/c1-30-20-12-6-5-10-17(20)14-18(22(27)28)24-21(26)19-11-7-13-25(19)23(29)31-15-16-8-3-2-4-9-16/h2-6,8-10,12,18-19H,7,11,13-15H2,1H3,(H,24,26)(H,27,28)/t18-,19+/m0/s1. The molecule has 1 saturated heterocycles. The molecule has 31 heavy (non-hydrogen) atoms. The van der Waals surface area contributed by atoms with Crippen molar-refractivity contribution in [2.45, 2.75) is 38.0 Å². The summed E-state index contributed by atoms with van der Waals surface area (Å²) in [5, 5.41) is 12.2. The normalized spacial score (nSPS) is 16.4. The fraction of sp³-hybridized carbons (Fsp3) is 0.348. The van der Waals surface area contributed by atoms with Crippen LogP contribution in [-0.2, 0) is 27.4 Å². The van der Waals surface area contributed by atoms with Crippen molar-refractivity contribution in [3.05, 3.63) is 65.7 Å². The number of carboxylic acid groups (broad SMARTS) is 1. The first kappa shape index (κ1) is 22.1. The molecule has 3 rings (SSSR count). The van der Waals surface area contributed by atoms with E-state index in [2.05, 4.69) is 5.32 Å². The van der Waals surface area contributed by atoms with Gasteiger partial charge in [0.1, 0.15) is 24.4 Å². The summed E-state index contributed by atoms with van der Waals surface area (Å²) in [6.07, 6.45) is 0.574. The Labute approximate surface area is 180 Å². The van der Waals surface area contributed by atoms with Crippen LogP contribution in [0.4, 0.5) is 4.79 Å². The van der Waals surface area contributed by atoms with Gasteiger partial charge in [0.05, 0.1) is 7.11 Å². The molecule has 8 nitrogen and oxygen atoms in total. The van der Waals surface area contributed by atoms with Gasteiger partial charge in [0.15, 0.2) is 0 Å². The van der Waals surface area contributed by atoms with Gasteiger partial charge >= 0.3 is 12.1 Å². The molecule has 2 atom stereocenters.